The first-order valence-corrected chi connectivity index (χ1v) is 23.7. The Kier molecular flexibility index (Phi) is 34.5. The first kappa shape index (κ1) is 59.1. The normalized spacial score (nSPS) is 24.3. The predicted octanol–water partition coefficient (Wildman–Crippen LogP) is 13.2. The molecule has 56 heavy (non-hydrogen) atoms. The van der Waals surface area contributed by atoms with Gasteiger partial charge < -0.3 is 24.8 Å². The van der Waals surface area contributed by atoms with E-state index in [2.05, 4.69) is 114 Å². The molecule has 2 saturated heterocycles. The summed E-state index contributed by atoms with van der Waals surface area (Å²) in [6, 6.07) is 0. The molecular weight excluding hydrogens is 697 g/mol. The number of hydrogen-bond acceptors (Lipinski definition) is 5. The molecule has 0 spiro atoms. The van der Waals surface area contributed by atoms with E-state index in [1.54, 1.807) is 0 Å². The van der Waals surface area contributed by atoms with E-state index >= 15 is 0 Å². The van der Waals surface area contributed by atoms with Crippen LogP contribution in [0.15, 0.2) is 0 Å². The summed E-state index contributed by atoms with van der Waals surface area (Å²) < 4.78 is 17.3. The number of amides is 2. The van der Waals surface area contributed by atoms with Gasteiger partial charge in [0.25, 0.3) is 0 Å². The fraction of sp³-hybridized carbons (Fsp3) is 0.959. The van der Waals surface area contributed by atoms with Crippen molar-refractivity contribution in [3.8, 4) is 0 Å². The van der Waals surface area contributed by atoms with Gasteiger partial charge in [-0.3, -0.25) is 9.59 Å². The zero-order chi connectivity index (χ0) is 44.2. The van der Waals surface area contributed by atoms with Crippen LogP contribution in [0.25, 0.3) is 0 Å². The van der Waals surface area contributed by atoms with E-state index in [1.807, 2.05) is 41.5 Å². The molecule has 338 valence electrons. The van der Waals surface area contributed by atoms with Crippen molar-refractivity contribution in [2.24, 2.45) is 41.4 Å². The van der Waals surface area contributed by atoms with E-state index in [0.29, 0.717) is 24.4 Å². The summed E-state index contributed by atoms with van der Waals surface area (Å²) >= 11 is 0. The van der Waals surface area contributed by atoms with Crippen molar-refractivity contribution in [2.75, 3.05) is 13.2 Å². The lowest BCUT2D eigenvalue weighted by atomic mass is 9.87. The van der Waals surface area contributed by atoms with E-state index in [1.165, 1.54) is 32.1 Å². The van der Waals surface area contributed by atoms with Gasteiger partial charge in [0.05, 0.1) is 24.4 Å². The molecule has 2 fully saturated rings. The predicted molar refractivity (Wildman–Crippen MR) is 244 cm³/mol. The van der Waals surface area contributed by atoms with Crippen molar-refractivity contribution < 1.29 is 23.8 Å². The average Bonchev–Trinajstić information content (AvgIpc) is 3.69. The molecule has 2 aliphatic rings. The fourth-order valence-electron chi connectivity index (χ4n) is 6.35. The molecule has 7 nitrogen and oxygen atoms in total. The van der Waals surface area contributed by atoms with Gasteiger partial charge in [-0.2, -0.15) is 0 Å². The van der Waals surface area contributed by atoms with E-state index in [9.17, 15) is 9.59 Å². The minimum atomic E-state index is -0.533. The zero-order valence-corrected chi connectivity index (χ0v) is 41.6. The summed E-state index contributed by atoms with van der Waals surface area (Å²) in [4.78, 5) is 23.7. The van der Waals surface area contributed by atoms with Gasteiger partial charge in [-0.05, 0) is 107 Å². The molecule has 2 amide bonds. The molecule has 2 N–H and O–H groups in total. The van der Waals surface area contributed by atoms with E-state index in [0.717, 1.165) is 93.2 Å². The van der Waals surface area contributed by atoms with Crippen molar-refractivity contribution in [3.05, 3.63) is 0 Å². The van der Waals surface area contributed by atoms with Gasteiger partial charge in [0.1, 0.15) is 0 Å². The van der Waals surface area contributed by atoms with E-state index in [4.69, 9.17) is 14.2 Å². The van der Waals surface area contributed by atoms with Gasteiger partial charge in [-0.25, -0.2) is 0 Å². The highest BCUT2D eigenvalue weighted by atomic mass is 16.5. The van der Waals surface area contributed by atoms with Crippen LogP contribution in [0.5, 0.6) is 0 Å². The molecule has 2 heterocycles. The molecule has 2 rings (SSSR count). The molecule has 2 aliphatic heterocycles. The standard InChI is InChI=1S/C14H28N2O2.2C10H20O.C10H22O.C5H12/c1-7-13(5,8-2)15-11(17)12(18)16-14(6,9-3)10-4;1-5-7(2)10-9(4)8(3)6-11-10;1-5-9-7(3)8(4)10(6-2)11-9;1-5-9(4)8-11-10(6-2)7-3;1-4-5(2)3/h7-10H2,1-6H3,(H,15,17)(H,16,18);2*7-10H,5-6H2,1-4H3;9-10H,5-8H2,1-4H3;5H,4H2,1-3H3. The lowest BCUT2D eigenvalue weighted by molar-refractivity contribution is -0.141. The van der Waals surface area contributed by atoms with Crippen molar-refractivity contribution in [3.63, 3.8) is 0 Å². The maximum absolute atomic E-state index is 11.9. The number of rotatable bonds is 17. The van der Waals surface area contributed by atoms with Crippen LogP contribution in [0.2, 0.25) is 0 Å². The molecule has 9 unspecified atom stereocenters. The van der Waals surface area contributed by atoms with E-state index < -0.39 is 11.8 Å². The summed E-state index contributed by atoms with van der Waals surface area (Å²) in [5.74, 6) is 4.29. The molecule has 0 aliphatic carbocycles. The lowest BCUT2D eigenvalue weighted by Gasteiger charge is -2.31. The Labute approximate surface area is 351 Å². The molecule has 9 atom stereocenters. The van der Waals surface area contributed by atoms with E-state index in [-0.39, 0.29) is 11.1 Å². The highest BCUT2D eigenvalue weighted by Crippen LogP contribution is 2.35. The summed E-state index contributed by atoms with van der Waals surface area (Å²) in [5, 5.41) is 5.62. The second kappa shape index (κ2) is 32.6. The Morgan fingerprint density at radius 2 is 1.02 bits per heavy atom. The number of hydrogen-bond donors (Lipinski definition) is 2. The van der Waals surface area contributed by atoms with Gasteiger partial charge in [0.15, 0.2) is 0 Å². The highest BCUT2D eigenvalue weighted by molar-refractivity contribution is 6.35. The Morgan fingerprint density at radius 1 is 0.625 bits per heavy atom. The maximum atomic E-state index is 11.9. The Hall–Kier alpha value is -1.18. The molecule has 0 aromatic carbocycles. The quantitative estimate of drug-likeness (QED) is 0.143. The second-order valence-electron chi connectivity index (χ2n) is 18.3. The second-order valence-corrected chi connectivity index (χ2v) is 18.3. The maximum Gasteiger partial charge on any atom is 0.309 e. The van der Waals surface area contributed by atoms with Crippen LogP contribution in [-0.4, -0.2) is 60.5 Å². The van der Waals surface area contributed by atoms with Gasteiger partial charge >= 0.3 is 11.8 Å². The third-order valence-electron chi connectivity index (χ3n) is 13.5. The minimum Gasteiger partial charge on any atom is -0.378 e. The van der Waals surface area contributed by atoms with Gasteiger partial charge in [-0.1, -0.05) is 151 Å². The Balaban J connectivity index is -0.000000656. The topological polar surface area (TPSA) is 85.9 Å². The molecule has 7 heteroatoms. The van der Waals surface area contributed by atoms with Crippen LogP contribution in [0.4, 0.5) is 0 Å². The number of carbonyl (C=O) groups is 2. The molecule has 0 aromatic heterocycles. The molecule has 0 aromatic rings. The van der Waals surface area contributed by atoms with Crippen molar-refractivity contribution in [1.82, 2.24) is 10.6 Å². The monoisotopic (exact) mass is 799 g/mol. The smallest absolute Gasteiger partial charge is 0.309 e. The van der Waals surface area contributed by atoms with Crippen LogP contribution in [0.1, 0.15) is 216 Å². The molecule has 0 radical (unpaired) electrons. The molecule has 0 saturated carbocycles. The van der Waals surface area contributed by atoms with Gasteiger partial charge in [-0.15, -0.1) is 0 Å². The summed E-state index contributed by atoms with van der Waals surface area (Å²) in [5.41, 5.74) is -0.605. The lowest BCUT2D eigenvalue weighted by Crippen LogP contribution is -2.55. The van der Waals surface area contributed by atoms with Crippen LogP contribution in [-0.2, 0) is 23.8 Å². The number of ether oxygens (including phenoxy) is 3. The van der Waals surface area contributed by atoms with Crippen LogP contribution in [0, 0.1) is 41.4 Å². The Bertz CT molecular complexity index is 897. The highest BCUT2D eigenvalue weighted by Gasteiger charge is 2.36. The number of nitrogens with one attached hydrogen (secondary N) is 2. The van der Waals surface area contributed by atoms with Crippen molar-refractivity contribution in [1.29, 1.82) is 0 Å². The minimum absolute atomic E-state index is 0.302. The third kappa shape index (κ3) is 24.0. The van der Waals surface area contributed by atoms with Crippen LogP contribution in [0.3, 0.4) is 0 Å². The fourth-order valence-corrected chi connectivity index (χ4v) is 6.35. The van der Waals surface area contributed by atoms with Crippen molar-refractivity contribution in [2.45, 2.75) is 252 Å². The molecular formula is C49H102N2O5. The largest absolute Gasteiger partial charge is 0.378 e. The first-order chi connectivity index (χ1) is 26.1. The third-order valence-corrected chi connectivity index (χ3v) is 13.5. The van der Waals surface area contributed by atoms with Gasteiger partial charge in [0.2, 0.25) is 0 Å². The van der Waals surface area contributed by atoms with Gasteiger partial charge in [0, 0.05) is 24.3 Å². The average molecular weight is 799 g/mol. The summed E-state index contributed by atoms with van der Waals surface area (Å²) in [7, 11) is 0. The molecule has 0 bridgehead atoms. The summed E-state index contributed by atoms with van der Waals surface area (Å²) in [6.45, 7) is 47.5. The van der Waals surface area contributed by atoms with Crippen LogP contribution >= 0.6 is 0 Å². The first-order valence-electron chi connectivity index (χ1n) is 23.7. The zero-order valence-electron chi connectivity index (χ0n) is 41.6. The number of carbonyl (C=O) groups excluding carboxylic acids is 2. The van der Waals surface area contributed by atoms with Crippen molar-refractivity contribution >= 4 is 11.8 Å². The van der Waals surface area contributed by atoms with Crippen LogP contribution < -0.4 is 10.6 Å². The SMILES string of the molecule is CCC(C)(CC)NC(=O)C(=O)NC(C)(CC)CC.CCC(C)C.CCC(C)C1OCC(C)C1C.CCC(C)COC(CC)CC.CCC1OC(CC)C(C)C1C. The Morgan fingerprint density at radius 3 is 1.25 bits per heavy atom. The summed E-state index contributed by atoms with van der Waals surface area (Å²) in [6.07, 6.45) is 13.7.